The summed E-state index contributed by atoms with van der Waals surface area (Å²) in [6, 6.07) is 0. The van der Waals surface area contributed by atoms with Gasteiger partial charge >= 0.3 is 5.97 Å². The van der Waals surface area contributed by atoms with E-state index in [0.29, 0.717) is 25.8 Å². The number of likely N-dealkylation sites (N-methyl/N-ethyl adjacent to an activating group) is 1. The van der Waals surface area contributed by atoms with Gasteiger partial charge < -0.3 is 19.8 Å². The van der Waals surface area contributed by atoms with Crippen molar-refractivity contribution < 1.29 is 24.5 Å². The van der Waals surface area contributed by atoms with E-state index in [0.717, 1.165) is 44.9 Å². The van der Waals surface area contributed by atoms with Crippen LogP contribution in [0.4, 0.5) is 0 Å². The highest BCUT2D eigenvalue weighted by Crippen LogP contribution is 2.48. The number of nitrogens with zero attached hydrogens (tertiary/aromatic N) is 1. The number of halogens is 1. The van der Waals surface area contributed by atoms with E-state index >= 15 is 0 Å². The molecule has 2 saturated carbocycles. The lowest BCUT2D eigenvalue weighted by atomic mass is 9.63. The molecule has 0 saturated heterocycles. The fraction of sp³-hybridized carbons (Fsp3) is 0.846. The average molecular weight is 666 g/mol. The van der Waals surface area contributed by atoms with Crippen LogP contribution in [0.1, 0.15) is 155 Å². The molecule has 0 spiro atoms. The van der Waals surface area contributed by atoms with Crippen molar-refractivity contribution in [1.82, 2.24) is 4.90 Å². The van der Waals surface area contributed by atoms with Crippen LogP contribution in [0, 0.1) is 17.3 Å². The number of carbonyl (C=O) groups is 2. The third-order valence-electron chi connectivity index (χ3n) is 10.8. The second-order valence-corrected chi connectivity index (χ2v) is 14.8. The Kier molecular flexibility index (Phi) is 21.2. The third-order valence-corrected chi connectivity index (χ3v) is 11.3. The Balaban J connectivity index is 1.51. The van der Waals surface area contributed by atoms with Gasteiger partial charge in [0.25, 0.3) is 5.91 Å². The Bertz CT molecular complexity index is 882. The standard InChI is InChI=1S/C39H68ClNO5/c1-4-6-7-8-9-10-11-12-13-14-17-20-29-41(3)37(44)31-46-38(45)26-19-16-15-18-23-32-33(35(42)30-34(32)40)24-21-25-36(43)39(5-2)27-22-28-39/h15,18,21,24,32-36,42-43H,4-14,16-17,19-20,22-23,25-31H2,1-3H3/b18-15-,24-21+/t32-,33-,34-,35-,36+/m1/s1. The predicted octanol–water partition coefficient (Wildman–Crippen LogP) is 9.30. The molecule has 0 aliphatic heterocycles. The molecule has 0 aromatic heterocycles. The molecule has 0 bridgehead atoms. The van der Waals surface area contributed by atoms with Crippen LogP contribution < -0.4 is 0 Å². The number of allylic oxidation sites excluding steroid dienone is 2. The van der Waals surface area contributed by atoms with Crippen LogP contribution in [0.5, 0.6) is 0 Å². The first-order chi connectivity index (χ1) is 22.2. The van der Waals surface area contributed by atoms with Gasteiger partial charge in [-0.05, 0) is 69.1 Å². The number of hydrogen-bond acceptors (Lipinski definition) is 5. The molecule has 2 fully saturated rings. The van der Waals surface area contributed by atoms with Crippen LogP contribution >= 0.6 is 11.6 Å². The van der Waals surface area contributed by atoms with E-state index < -0.39 is 6.10 Å². The summed E-state index contributed by atoms with van der Waals surface area (Å²) in [6.07, 6.45) is 31.1. The van der Waals surface area contributed by atoms with E-state index in [4.69, 9.17) is 16.3 Å². The van der Waals surface area contributed by atoms with Crippen LogP contribution in [0.15, 0.2) is 24.3 Å². The Morgan fingerprint density at radius 3 is 2.15 bits per heavy atom. The summed E-state index contributed by atoms with van der Waals surface area (Å²) in [5, 5.41) is 21.2. The minimum atomic E-state index is -0.459. The zero-order valence-electron chi connectivity index (χ0n) is 29.6. The molecular weight excluding hydrogens is 598 g/mol. The minimum Gasteiger partial charge on any atom is -0.456 e. The van der Waals surface area contributed by atoms with Gasteiger partial charge in [0.2, 0.25) is 0 Å². The quantitative estimate of drug-likeness (QED) is 0.0416. The number of esters is 1. The summed E-state index contributed by atoms with van der Waals surface area (Å²) < 4.78 is 5.23. The summed E-state index contributed by atoms with van der Waals surface area (Å²) in [7, 11) is 1.79. The van der Waals surface area contributed by atoms with Crippen molar-refractivity contribution in [2.75, 3.05) is 20.2 Å². The van der Waals surface area contributed by atoms with Gasteiger partial charge in [-0.1, -0.05) is 115 Å². The van der Waals surface area contributed by atoms with Crippen molar-refractivity contribution in [3.63, 3.8) is 0 Å². The molecule has 6 nitrogen and oxygen atoms in total. The molecule has 5 atom stereocenters. The number of aliphatic hydroxyl groups excluding tert-OH is 2. The van der Waals surface area contributed by atoms with Crippen molar-refractivity contribution >= 4 is 23.5 Å². The largest absolute Gasteiger partial charge is 0.456 e. The summed E-state index contributed by atoms with van der Waals surface area (Å²) in [5.74, 6) is -0.340. The van der Waals surface area contributed by atoms with Gasteiger partial charge in [0.1, 0.15) is 0 Å². The van der Waals surface area contributed by atoms with Gasteiger partial charge in [0.15, 0.2) is 6.61 Å². The molecule has 0 heterocycles. The van der Waals surface area contributed by atoms with Gasteiger partial charge in [-0.2, -0.15) is 0 Å². The first kappa shape index (κ1) is 40.8. The highest BCUT2D eigenvalue weighted by atomic mass is 35.5. The maximum absolute atomic E-state index is 12.4. The maximum atomic E-state index is 12.4. The summed E-state index contributed by atoms with van der Waals surface area (Å²) >= 11 is 6.61. The predicted molar refractivity (Wildman–Crippen MR) is 191 cm³/mol. The lowest BCUT2D eigenvalue weighted by Crippen LogP contribution is -2.40. The third kappa shape index (κ3) is 15.2. The molecule has 2 aliphatic rings. The summed E-state index contributed by atoms with van der Waals surface area (Å²) in [5.41, 5.74) is 0.0832. The van der Waals surface area contributed by atoms with Crippen molar-refractivity contribution in [1.29, 1.82) is 0 Å². The number of alkyl halides is 1. The molecule has 7 heteroatoms. The Morgan fingerprint density at radius 2 is 1.57 bits per heavy atom. The van der Waals surface area contributed by atoms with Gasteiger partial charge in [-0.25, -0.2) is 0 Å². The monoisotopic (exact) mass is 665 g/mol. The molecule has 2 aliphatic carbocycles. The zero-order valence-corrected chi connectivity index (χ0v) is 30.4. The fourth-order valence-corrected chi connectivity index (χ4v) is 7.66. The number of hydrogen-bond donors (Lipinski definition) is 2. The van der Waals surface area contributed by atoms with Crippen LogP contribution in [-0.2, 0) is 14.3 Å². The Morgan fingerprint density at radius 1 is 0.935 bits per heavy atom. The second-order valence-electron chi connectivity index (χ2n) is 14.3. The van der Waals surface area contributed by atoms with Crippen molar-refractivity contribution in [3.05, 3.63) is 24.3 Å². The van der Waals surface area contributed by atoms with Crippen molar-refractivity contribution in [2.45, 2.75) is 173 Å². The summed E-state index contributed by atoms with van der Waals surface area (Å²) in [6.45, 7) is 4.94. The Labute approximate surface area is 286 Å². The van der Waals surface area contributed by atoms with E-state index in [-0.39, 0.29) is 53.6 Å². The highest BCUT2D eigenvalue weighted by molar-refractivity contribution is 6.21. The molecule has 0 aromatic carbocycles. The molecule has 0 unspecified atom stereocenters. The first-order valence-corrected chi connectivity index (χ1v) is 19.4. The lowest BCUT2D eigenvalue weighted by molar-refractivity contribution is -0.151. The van der Waals surface area contributed by atoms with Gasteiger partial charge in [-0.15, -0.1) is 11.6 Å². The van der Waals surface area contributed by atoms with E-state index in [1.165, 1.54) is 70.6 Å². The molecule has 266 valence electrons. The number of ether oxygens (including phenoxy) is 1. The first-order valence-electron chi connectivity index (χ1n) is 19.0. The van der Waals surface area contributed by atoms with E-state index in [1.807, 2.05) is 6.08 Å². The Hall–Kier alpha value is -1.37. The molecule has 0 aromatic rings. The smallest absolute Gasteiger partial charge is 0.306 e. The van der Waals surface area contributed by atoms with E-state index in [1.54, 1.807) is 11.9 Å². The van der Waals surface area contributed by atoms with Crippen LogP contribution in [0.25, 0.3) is 0 Å². The fourth-order valence-electron chi connectivity index (χ4n) is 7.21. The number of carbonyl (C=O) groups excluding carboxylic acids is 2. The van der Waals surface area contributed by atoms with Gasteiger partial charge in [-0.3, -0.25) is 9.59 Å². The van der Waals surface area contributed by atoms with Crippen molar-refractivity contribution in [3.8, 4) is 0 Å². The SMILES string of the molecule is CCCCCCCCCCCCCCN(C)C(=O)COC(=O)CCC/C=C\C[C@@H]1[C@@H](/C=C/C[C@H](O)C2(CC)CCC2)[C@H](O)C[C@H]1Cl. The minimum absolute atomic E-state index is 0.0105. The van der Waals surface area contributed by atoms with Gasteiger partial charge in [0, 0.05) is 31.3 Å². The number of unbranched alkanes of at least 4 members (excludes halogenated alkanes) is 12. The highest BCUT2D eigenvalue weighted by Gasteiger charge is 2.42. The molecule has 2 rings (SSSR count). The van der Waals surface area contributed by atoms with Gasteiger partial charge in [0.05, 0.1) is 12.2 Å². The molecule has 1 amide bonds. The molecule has 2 N–H and O–H groups in total. The van der Waals surface area contributed by atoms with E-state index in [9.17, 15) is 19.8 Å². The van der Waals surface area contributed by atoms with Crippen molar-refractivity contribution in [2.24, 2.45) is 17.3 Å². The second kappa shape index (κ2) is 23.9. The van der Waals surface area contributed by atoms with Crippen LogP contribution in [0.3, 0.4) is 0 Å². The summed E-state index contributed by atoms with van der Waals surface area (Å²) in [4.78, 5) is 26.2. The average Bonchev–Trinajstić information content (AvgIpc) is 3.28. The molecule has 0 radical (unpaired) electrons. The topological polar surface area (TPSA) is 87.1 Å². The number of aliphatic hydroxyl groups is 2. The molecule has 46 heavy (non-hydrogen) atoms. The zero-order chi connectivity index (χ0) is 33.6. The van der Waals surface area contributed by atoms with Crippen LogP contribution in [0.2, 0.25) is 0 Å². The van der Waals surface area contributed by atoms with E-state index in [2.05, 4.69) is 32.1 Å². The normalized spacial score (nSPS) is 23.2. The molecular formula is C39H68ClNO5. The number of amides is 1. The number of rotatable bonds is 26. The van der Waals surface area contributed by atoms with Crippen LogP contribution in [-0.4, -0.2) is 64.8 Å². The maximum Gasteiger partial charge on any atom is 0.306 e. The lowest BCUT2D eigenvalue weighted by Gasteiger charge is -2.45.